The fraction of sp³-hybridized carbons (Fsp3) is 0.111. The number of nitrogens with zero attached hydrogens (tertiary/aromatic N) is 2. The number of halogens is 1. The topological polar surface area (TPSA) is 64.9 Å². The highest BCUT2D eigenvalue weighted by atomic mass is 35.5. The fourth-order valence-corrected chi connectivity index (χ4v) is 1.31. The molecule has 0 aliphatic carbocycles. The van der Waals surface area contributed by atoms with Crippen LogP contribution >= 0.6 is 11.6 Å². The number of nitrogens with two attached hydrogens (primary N) is 1. The zero-order valence-corrected chi connectivity index (χ0v) is 8.03. The van der Waals surface area contributed by atoms with Gasteiger partial charge in [-0.05, 0) is 12.1 Å². The molecule has 4 nitrogen and oxygen atoms in total. The SMILES string of the molecule is Nc1c(Cc2ccco2)cnnc1Cl. The molecule has 2 heterocycles. The van der Waals surface area contributed by atoms with Gasteiger partial charge in [-0.3, -0.25) is 0 Å². The first-order valence-electron chi connectivity index (χ1n) is 4.05. The number of rotatable bonds is 2. The molecular weight excluding hydrogens is 202 g/mol. The molecule has 2 aromatic rings. The molecule has 2 rings (SSSR count). The Balaban J connectivity index is 2.29. The molecule has 0 saturated heterocycles. The van der Waals surface area contributed by atoms with E-state index in [1.165, 1.54) is 0 Å². The van der Waals surface area contributed by atoms with Crippen LogP contribution in [0.3, 0.4) is 0 Å². The predicted molar refractivity (Wildman–Crippen MR) is 53.0 cm³/mol. The third-order valence-corrected chi connectivity index (χ3v) is 2.15. The van der Waals surface area contributed by atoms with Crippen LogP contribution in [0.5, 0.6) is 0 Å². The minimum Gasteiger partial charge on any atom is -0.469 e. The maximum Gasteiger partial charge on any atom is 0.174 e. The predicted octanol–water partition coefficient (Wildman–Crippen LogP) is 1.90. The van der Waals surface area contributed by atoms with E-state index in [0.717, 1.165) is 11.3 Å². The maximum absolute atomic E-state index is 5.72. The van der Waals surface area contributed by atoms with Gasteiger partial charge < -0.3 is 10.2 Å². The normalized spacial score (nSPS) is 10.4. The van der Waals surface area contributed by atoms with Gasteiger partial charge in [0.15, 0.2) is 5.15 Å². The lowest BCUT2D eigenvalue weighted by Crippen LogP contribution is -1.99. The number of anilines is 1. The Morgan fingerprint density at radius 3 is 3.07 bits per heavy atom. The van der Waals surface area contributed by atoms with Crippen molar-refractivity contribution in [2.24, 2.45) is 0 Å². The lowest BCUT2D eigenvalue weighted by Gasteiger charge is -2.02. The molecule has 0 radical (unpaired) electrons. The van der Waals surface area contributed by atoms with Crippen LogP contribution in [0, 0.1) is 0 Å². The molecule has 14 heavy (non-hydrogen) atoms. The molecule has 0 unspecified atom stereocenters. The summed E-state index contributed by atoms with van der Waals surface area (Å²) >= 11 is 5.72. The van der Waals surface area contributed by atoms with Crippen molar-refractivity contribution in [3.63, 3.8) is 0 Å². The zero-order chi connectivity index (χ0) is 9.97. The molecular formula is C9H8ClN3O. The number of hydrogen-bond acceptors (Lipinski definition) is 4. The number of aromatic nitrogens is 2. The summed E-state index contributed by atoms with van der Waals surface area (Å²) in [6.07, 6.45) is 3.78. The molecule has 0 aliphatic rings. The standard InChI is InChI=1S/C9H8ClN3O/c10-9-8(11)6(5-12-13-9)4-7-2-1-3-14-7/h1-3,5H,4H2,(H2,11,12). The van der Waals surface area contributed by atoms with Gasteiger partial charge in [-0.2, -0.15) is 5.10 Å². The molecule has 2 N–H and O–H groups in total. The van der Waals surface area contributed by atoms with E-state index in [9.17, 15) is 0 Å². The molecule has 0 saturated carbocycles. The van der Waals surface area contributed by atoms with E-state index in [1.807, 2.05) is 12.1 Å². The number of hydrogen-bond donors (Lipinski definition) is 1. The monoisotopic (exact) mass is 209 g/mol. The summed E-state index contributed by atoms with van der Waals surface area (Å²) < 4.78 is 5.19. The van der Waals surface area contributed by atoms with Crippen molar-refractivity contribution in [2.45, 2.75) is 6.42 Å². The first-order valence-corrected chi connectivity index (χ1v) is 4.43. The zero-order valence-electron chi connectivity index (χ0n) is 7.27. The van der Waals surface area contributed by atoms with Gasteiger partial charge in [-0.15, -0.1) is 5.10 Å². The second-order valence-electron chi connectivity index (χ2n) is 2.83. The molecule has 0 aliphatic heterocycles. The molecule has 72 valence electrons. The fourth-order valence-electron chi connectivity index (χ4n) is 1.15. The smallest absolute Gasteiger partial charge is 0.174 e. The van der Waals surface area contributed by atoms with Crippen molar-refractivity contribution in [1.82, 2.24) is 10.2 Å². The van der Waals surface area contributed by atoms with Crippen molar-refractivity contribution in [1.29, 1.82) is 0 Å². The first kappa shape index (κ1) is 9.02. The van der Waals surface area contributed by atoms with Gasteiger partial charge in [0.2, 0.25) is 0 Å². The quantitative estimate of drug-likeness (QED) is 0.821. The average molecular weight is 210 g/mol. The van der Waals surface area contributed by atoms with Crippen LogP contribution in [0.1, 0.15) is 11.3 Å². The van der Waals surface area contributed by atoms with Crippen molar-refractivity contribution < 1.29 is 4.42 Å². The summed E-state index contributed by atoms with van der Waals surface area (Å²) in [4.78, 5) is 0. The van der Waals surface area contributed by atoms with Gasteiger partial charge in [0.25, 0.3) is 0 Å². The summed E-state index contributed by atoms with van der Waals surface area (Å²) in [7, 11) is 0. The van der Waals surface area contributed by atoms with E-state index >= 15 is 0 Å². The van der Waals surface area contributed by atoms with Gasteiger partial charge in [0.05, 0.1) is 18.1 Å². The first-order chi connectivity index (χ1) is 6.77. The highest BCUT2D eigenvalue weighted by Crippen LogP contribution is 2.21. The number of nitrogen functional groups attached to an aromatic ring is 1. The van der Waals surface area contributed by atoms with Crippen LogP contribution in [0.25, 0.3) is 0 Å². The molecule has 0 amide bonds. The summed E-state index contributed by atoms with van der Waals surface area (Å²) in [5, 5.41) is 7.58. The van der Waals surface area contributed by atoms with Crippen molar-refractivity contribution in [2.75, 3.05) is 5.73 Å². The molecule has 0 atom stereocenters. The highest BCUT2D eigenvalue weighted by molar-refractivity contribution is 6.31. The van der Waals surface area contributed by atoms with Gasteiger partial charge in [0.1, 0.15) is 5.76 Å². The average Bonchev–Trinajstić information content (AvgIpc) is 2.66. The third kappa shape index (κ3) is 1.70. The minimum absolute atomic E-state index is 0.231. The van der Waals surface area contributed by atoms with Gasteiger partial charge in [-0.25, -0.2) is 0 Å². The molecule has 2 aromatic heterocycles. The van der Waals surface area contributed by atoms with Gasteiger partial charge in [-0.1, -0.05) is 11.6 Å². The lowest BCUT2D eigenvalue weighted by molar-refractivity contribution is 0.520. The van der Waals surface area contributed by atoms with E-state index in [2.05, 4.69) is 10.2 Å². The van der Waals surface area contributed by atoms with Gasteiger partial charge in [0, 0.05) is 12.0 Å². The maximum atomic E-state index is 5.72. The van der Waals surface area contributed by atoms with E-state index in [0.29, 0.717) is 12.1 Å². The van der Waals surface area contributed by atoms with Crippen LogP contribution in [-0.4, -0.2) is 10.2 Å². The van der Waals surface area contributed by atoms with Crippen LogP contribution < -0.4 is 5.73 Å². The summed E-state index contributed by atoms with van der Waals surface area (Å²) in [5.74, 6) is 0.820. The Kier molecular flexibility index (Phi) is 2.37. The highest BCUT2D eigenvalue weighted by Gasteiger charge is 2.07. The van der Waals surface area contributed by atoms with Crippen LogP contribution in [0.2, 0.25) is 5.15 Å². The Morgan fingerprint density at radius 2 is 2.36 bits per heavy atom. The lowest BCUT2D eigenvalue weighted by atomic mass is 10.1. The van der Waals surface area contributed by atoms with Gasteiger partial charge >= 0.3 is 0 Å². The van der Waals surface area contributed by atoms with Crippen molar-refractivity contribution in [3.8, 4) is 0 Å². The Labute approximate surface area is 85.7 Å². The Hall–Kier alpha value is -1.55. The van der Waals surface area contributed by atoms with Crippen LogP contribution in [0.15, 0.2) is 29.0 Å². The molecule has 0 aromatic carbocycles. The van der Waals surface area contributed by atoms with Crippen molar-refractivity contribution >= 4 is 17.3 Å². The number of furan rings is 1. The molecule has 0 fully saturated rings. The largest absolute Gasteiger partial charge is 0.469 e. The molecule has 0 spiro atoms. The minimum atomic E-state index is 0.231. The van der Waals surface area contributed by atoms with E-state index < -0.39 is 0 Å². The third-order valence-electron chi connectivity index (χ3n) is 1.87. The van der Waals surface area contributed by atoms with E-state index in [-0.39, 0.29) is 5.15 Å². The second-order valence-corrected chi connectivity index (χ2v) is 3.19. The summed E-state index contributed by atoms with van der Waals surface area (Å²) in [6, 6.07) is 3.69. The van der Waals surface area contributed by atoms with E-state index in [1.54, 1.807) is 12.5 Å². The molecule has 5 heteroatoms. The Morgan fingerprint density at radius 1 is 1.50 bits per heavy atom. The Bertz CT molecular complexity index is 428. The van der Waals surface area contributed by atoms with Crippen LogP contribution in [0.4, 0.5) is 5.69 Å². The van der Waals surface area contributed by atoms with Crippen molar-refractivity contribution in [3.05, 3.63) is 41.1 Å². The van der Waals surface area contributed by atoms with E-state index in [4.69, 9.17) is 21.8 Å². The van der Waals surface area contributed by atoms with Crippen LogP contribution in [-0.2, 0) is 6.42 Å². The summed E-state index contributed by atoms with van der Waals surface area (Å²) in [6.45, 7) is 0. The molecule has 0 bridgehead atoms. The summed E-state index contributed by atoms with van der Waals surface area (Å²) in [5.41, 5.74) is 7.00. The second kappa shape index (κ2) is 3.67.